The van der Waals surface area contributed by atoms with E-state index in [4.69, 9.17) is 13.9 Å². The lowest BCUT2D eigenvalue weighted by molar-refractivity contribution is 0.0776. The second kappa shape index (κ2) is 8.48. The second-order valence-corrected chi connectivity index (χ2v) is 9.67. The summed E-state index contributed by atoms with van der Waals surface area (Å²) in [5.74, 6) is 1.71. The number of aromatic hydroxyl groups is 2. The molecule has 2 N–H and O–H groups in total. The van der Waals surface area contributed by atoms with E-state index in [1.54, 1.807) is 43.5 Å². The van der Waals surface area contributed by atoms with Gasteiger partial charge in [0.05, 0.1) is 7.11 Å². The Kier molecular flexibility index (Phi) is 5.25. The molecule has 2 heterocycles. The minimum absolute atomic E-state index is 0.0114. The van der Waals surface area contributed by atoms with E-state index >= 15 is 0 Å². The van der Waals surface area contributed by atoms with E-state index in [2.05, 4.69) is 19.1 Å². The lowest BCUT2D eigenvalue weighted by Gasteiger charge is -2.46. The maximum Gasteiger partial charge on any atom is 0.336 e. The normalized spacial score (nSPS) is 22.8. The maximum absolute atomic E-state index is 11.9. The van der Waals surface area contributed by atoms with Gasteiger partial charge < -0.3 is 24.1 Å². The van der Waals surface area contributed by atoms with Crippen LogP contribution in [0.25, 0.3) is 11.0 Å². The van der Waals surface area contributed by atoms with Crippen molar-refractivity contribution in [3.05, 3.63) is 105 Å². The molecule has 0 amide bonds. The summed E-state index contributed by atoms with van der Waals surface area (Å²) in [5.41, 5.74) is 4.34. The molecule has 6 heteroatoms. The monoisotopic (exact) mass is 482 g/mol. The molecule has 0 fully saturated rings. The molecule has 2 aliphatic rings. The van der Waals surface area contributed by atoms with Crippen LogP contribution in [0.5, 0.6) is 23.0 Å². The Balaban J connectivity index is 1.59. The Morgan fingerprint density at radius 2 is 1.69 bits per heavy atom. The van der Waals surface area contributed by atoms with Crippen molar-refractivity contribution in [2.45, 2.75) is 31.3 Å². The van der Waals surface area contributed by atoms with Gasteiger partial charge >= 0.3 is 5.63 Å². The van der Waals surface area contributed by atoms with Gasteiger partial charge in [-0.3, -0.25) is 0 Å². The summed E-state index contributed by atoms with van der Waals surface area (Å²) in [6.45, 7) is 2.15. The highest BCUT2D eigenvalue weighted by Crippen LogP contribution is 2.58. The van der Waals surface area contributed by atoms with Crippen LogP contribution >= 0.6 is 0 Å². The van der Waals surface area contributed by atoms with Gasteiger partial charge in [-0.25, -0.2) is 4.79 Å². The van der Waals surface area contributed by atoms with E-state index < -0.39 is 11.7 Å². The number of methoxy groups -OCH3 is 1. The van der Waals surface area contributed by atoms with E-state index in [0.717, 1.165) is 28.5 Å². The number of phenols is 2. The van der Waals surface area contributed by atoms with Gasteiger partial charge in [0.15, 0.2) is 0 Å². The van der Waals surface area contributed by atoms with Gasteiger partial charge in [0.25, 0.3) is 0 Å². The molecule has 1 aliphatic carbocycles. The van der Waals surface area contributed by atoms with E-state index in [1.807, 2.05) is 18.2 Å². The average Bonchev–Trinajstić information content (AvgIpc) is 2.87. The first-order valence-corrected chi connectivity index (χ1v) is 12.0. The number of ether oxygens (including phenoxy) is 2. The fourth-order valence-electron chi connectivity index (χ4n) is 5.87. The van der Waals surface area contributed by atoms with Crippen LogP contribution in [0, 0.1) is 5.92 Å². The van der Waals surface area contributed by atoms with Crippen molar-refractivity contribution in [1.29, 1.82) is 0 Å². The molecule has 36 heavy (non-hydrogen) atoms. The molecule has 182 valence electrons. The molecule has 3 aromatic carbocycles. The molecule has 1 aromatic heterocycles. The van der Waals surface area contributed by atoms with Crippen LogP contribution in [0.4, 0.5) is 0 Å². The van der Waals surface area contributed by atoms with Gasteiger partial charge in [-0.1, -0.05) is 23.8 Å². The number of fused-ring (bicyclic) bond motifs is 4. The zero-order chi connectivity index (χ0) is 25.0. The smallest absolute Gasteiger partial charge is 0.336 e. The Hall–Kier alpha value is -4.19. The zero-order valence-corrected chi connectivity index (χ0v) is 20.0. The van der Waals surface area contributed by atoms with Crippen molar-refractivity contribution in [2.75, 3.05) is 7.11 Å². The minimum atomic E-state index is -0.409. The standard InChI is InChI=1S/C30H26O6/c1-16-11-22(17-3-6-19(31)7-4-17)29-24(12-16)23-13-18-5-10-28(33)35-25(18)15-27(23)36-30(29)21-9-8-20(32)14-26(21)34-2/h3-10,12-15,22,24,29-32H,11H2,1-2H3. The summed E-state index contributed by atoms with van der Waals surface area (Å²) in [5, 5.41) is 20.8. The van der Waals surface area contributed by atoms with Crippen LogP contribution in [-0.2, 0) is 0 Å². The molecule has 6 nitrogen and oxygen atoms in total. The van der Waals surface area contributed by atoms with Gasteiger partial charge in [0, 0.05) is 46.5 Å². The first-order valence-electron chi connectivity index (χ1n) is 12.0. The van der Waals surface area contributed by atoms with Crippen LogP contribution in [0.1, 0.15) is 48.0 Å². The summed E-state index contributed by atoms with van der Waals surface area (Å²) in [6.07, 6.45) is 2.77. The van der Waals surface area contributed by atoms with Crippen molar-refractivity contribution in [3.8, 4) is 23.0 Å². The molecule has 4 atom stereocenters. The Labute approximate surface area is 208 Å². The molecule has 0 saturated carbocycles. The van der Waals surface area contributed by atoms with Crippen molar-refractivity contribution in [1.82, 2.24) is 0 Å². The highest BCUT2D eigenvalue weighted by atomic mass is 16.5. The number of benzene rings is 3. The third-order valence-corrected chi connectivity index (χ3v) is 7.44. The number of phenolic OH excluding ortho intramolecular Hbond substituents is 2. The van der Waals surface area contributed by atoms with Crippen molar-refractivity contribution >= 4 is 11.0 Å². The van der Waals surface area contributed by atoms with Crippen molar-refractivity contribution in [2.24, 2.45) is 5.92 Å². The molecule has 6 rings (SSSR count). The predicted molar refractivity (Wildman–Crippen MR) is 136 cm³/mol. The highest BCUT2D eigenvalue weighted by molar-refractivity contribution is 5.80. The van der Waals surface area contributed by atoms with Crippen molar-refractivity contribution < 1.29 is 24.1 Å². The lowest BCUT2D eigenvalue weighted by atomic mass is 9.64. The predicted octanol–water partition coefficient (Wildman–Crippen LogP) is 6.18. The average molecular weight is 483 g/mol. The topological polar surface area (TPSA) is 89.1 Å². The first-order chi connectivity index (χ1) is 17.4. The first kappa shape index (κ1) is 22.3. The van der Waals surface area contributed by atoms with Crippen LogP contribution in [0.2, 0.25) is 0 Å². The van der Waals surface area contributed by atoms with E-state index in [1.165, 1.54) is 11.6 Å². The second-order valence-electron chi connectivity index (χ2n) is 9.67. The quantitative estimate of drug-likeness (QED) is 0.268. The SMILES string of the molecule is COc1cc(O)ccc1C1Oc2cc3oc(=O)ccc3cc2C2C=C(C)CC(c3ccc(O)cc3)C21. The molecule has 0 radical (unpaired) electrons. The van der Waals surface area contributed by atoms with Crippen molar-refractivity contribution in [3.63, 3.8) is 0 Å². The summed E-state index contributed by atoms with van der Waals surface area (Å²) < 4.78 is 17.8. The Morgan fingerprint density at radius 1 is 0.917 bits per heavy atom. The fourth-order valence-corrected chi connectivity index (χ4v) is 5.87. The molecule has 0 bridgehead atoms. The van der Waals surface area contributed by atoms with Gasteiger partial charge in [-0.15, -0.1) is 0 Å². The molecular weight excluding hydrogens is 456 g/mol. The molecule has 4 unspecified atom stereocenters. The molecule has 4 aromatic rings. The van der Waals surface area contributed by atoms with E-state index in [-0.39, 0.29) is 29.3 Å². The number of hydrogen-bond acceptors (Lipinski definition) is 6. The van der Waals surface area contributed by atoms with E-state index in [0.29, 0.717) is 17.1 Å². The number of hydrogen-bond donors (Lipinski definition) is 2. The van der Waals surface area contributed by atoms with Crippen LogP contribution in [-0.4, -0.2) is 17.3 Å². The maximum atomic E-state index is 11.9. The Bertz CT molecular complexity index is 1550. The van der Waals surface area contributed by atoms with Crippen LogP contribution in [0.3, 0.4) is 0 Å². The largest absolute Gasteiger partial charge is 0.508 e. The lowest BCUT2D eigenvalue weighted by Crippen LogP contribution is -2.36. The zero-order valence-electron chi connectivity index (χ0n) is 20.0. The van der Waals surface area contributed by atoms with Crippen LogP contribution in [0.15, 0.2) is 87.6 Å². The van der Waals surface area contributed by atoms with E-state index in [9.17, 15) is 15.0 Å². The summed E-state index contributed by atoms with van der Waals surface area (Å²) >= 11 is 0. The third kappa shape index (κ3) is 3.70. The summed E-state index contributed by atoms with van der Waals surface area (Å²) in [7, 11) is 1.58. The molecular formula is C30H26O6. The molecule has 0 saturated heterocycles. The highest BCUT2D eigenvalue weighted by Gasteiger charge is 2.46. The third-order valence-electron chi connectivity index (χ3n) is 7.44. The van der Waals surface area contributed by atoms with Gasteiger partial charge in [0.1, 0.15) is 34.7 Å². The fraction of sp³-hybridized carbons (Fsp3) is 0.233. The molecule has 0 spiro atoms. The summed E-state index contributed by atoms with van der Waals surface area (Å²) in [4.78, 5) is 11.9. The van der Waals surface area contributed by atoms with Gasteiger partial charge in [0.2, 0.25) is 0 Å². The Morgan fingerprint density at radius 3 is 2.47 bits per heavy atom. The van der Waals surface area contributed by atoms with Gasteiger partial charge in [-0.2, -0.15) is 0 Å². The van der Waals surface area contributed by atoms with Crippen LogP contribution < -0.4 is 15.1 Å². The van der Waals surface area contributed by atoms with Gasteiger partial charge in [-0.05, 0) is 61.2 Å². The summed E-state index contributed by atoms with van der Waals surface area (Å²) in [6, 6.07) is 19.6. The number of allylic oxidation sites excluding steroid dienone is 2. The minimum Gasteiger partial charge on any atom is -0.508 e. The number of rotatable bonds is 3. The molecule has 1 aliphatic heterocycles.